The van der Waals surface area contributed by atoms with Crippen LogP contribution < -0.4 is 9.64 Å². The van der Waals surface area contributed by atoms with Gasteiger partial charge in [0.15, 0.2) is 0 Å². The van der Waals surface area contributed by atoms with E-state index >= 15 is 0 Å². The highest BCUT2D eigenvalue weighted by atomic mass is 35.5. The van der Waals surface area contributed by atoms with Crippen molar-refractivity contribution in [1.82, 2.24) is 9.97 Å². The second kappa shape index (κ2) is 9.00. The minimum absolute atomic E-state index is 0.0923. The number of nitriles is 1. The molecule has 39 heavy (non-hydrogen) atoms. The summed E-state index contributed by atoms with van der Waals surface area (Å²) in [5, 5.41) is 11.2. The number of nitrogens with zero attached hydrogens (tertiary/aromatic N) is 4. The van der Waals surface area contributed by atoms with Gasteiger partial charge >= 0.3 is 12.0 Å². The highest BCUT2D eigenvalue weighted by molar-refractivity contribution is 6.30. The van der Waals surface area contributed by atoms with Gasteiger partial charge in [0.2, 0.25) is 11.8 Å². The Kier molecular flexibility index (Phi) is 5.82. The molecule has 2 amide bonds. The first-order valence-corrected chi connectivity index (χ1v) is 12.8. The maximum Gasteiger partial charge on any atom is 0.316 e. The lowest BCUT2D eigenvalue weighted by molar-refractivity contribution is -0.160. The van der Waals surface area contributed by atoms with Gasteiger partial charge < -0.3 is 14.2 Å². The van der Waals surface area contributed by atoms with E-state index in [4.69, 9.17) is 25.8 Å². The van der Waals surface area contributed by atoms with E-state index in [9.17, 15) is 19.6 Å². The van der Waals surface area contributed by atoms with Gasteiger partial charge in [-0.05, 0) is 19.1 Å². The third kappa shape index (κ3) is 3.76. The molecule has 0 N–H and O–H groups in total. The Morgan fingerprint density at radius 1 is 1.15 bits per heavy atom. The van der Waals surface area contributed by atoms with Crippen LogP contribution in [0.25, 0.3) is 10.8 Å². The number of rotatable bonds is 6. The van der Waals surface area contributed by atoms with Crippen LogP contribution in [0.3, 0.4) is 0 Å². The van der Waals surface area contributed by atoms with E-state index in [1.807, 2.05) is 0 Å². The van der Waals surface area contributed by atoms with Gasteiger partial charge in [-0.3, -0.25) is 14.4 Å². The lowest BCUT2D eigenvalue weighted by atomic mass is 9.66. The molecule has 6 rings (SSSR count). The van der Waals surface area contributed by atoms with Crippen molar-refractivity contribution in [2.75, 3.05) is 11.5 Å². The molecule has 3 fully saturated rings. The van der Waals surface area contributed by atoms with Crippen molar-refractivity contribution in [3.8, 4) is 12.1 Å². The Labute approximate surface area is 228 Å². The van der Waals surface area contributed by atoms with Crippen molar-refractivity contribution in [2.24, 2.45) is 11.8 Å². The van der Waals surface area contributed by atoms with Crippen molar-refractivity contribution in [3.63, 3.8) is 0 Å². The van der Waals surface area contributed by atoms with Gasteiger partial charge in [-0.25, -0.2) is 14.9 Å². The molecule has 3 saturated heterocycles. The largest absolute Gasteiger partial charge is 0.463 e. The molecule has 11 heteroatoms. The molecule has 10 nitrogen and oxygen atoms in total. The Hall–Kier alpha value is -4.07. The number of esters is 1. The van der Waals surface area contributed by atoms with E-state index in [0.29, 0.717) is 27.0 Å². The smallest absolute Gasteiger partial charge is 0.316 e. The molecular weight excluding hydrogens is 524 g/mol. The molecule has 0 radical (unpaired) electrons. The predicted molar refractivity (Wildman–Crippen MR) is 138 cm³/mol. The van der Waals surface area contributed by atoms with Crippen LogP contribution in [-0.2, 0) is 23.9 Å². The molecule has 0 spiro atoms. The van der Waals surface area contributed by atoms with Crippen molar-refractivity contribution in [3.05, 3.63) is 59.4 Å². The number of halogens is 1. The van der Waals surface area contributed by atoms with E-state index in [-0.39, 0.29) is 25.5 Å². The van der Waals surface area contributed by atoms with E-state index in [2.05, 4.69) is 16.0 Å². The predicted octanol–water partition coefficient (Wildman–Crippen LogP) is 3.59. The Morgan fingerprint density at radius 2 is 1.85 bits per heavy atom. The number of hydrogen-bond donors (Lipinski definition) is 0. The first-order valence-electron chi connectivity index (χ1n) is 12.5. The molecule has 2 aromatic carbocycles. The van der Waals surface area contributed by atoms with Crippen molar-refractivity contribution in [2.45, 2.75) is 44.0 Å². The first-order chi connectivity index (χ1) is 18.7. The molecule has 4 heterocycles. The zero-order chi connectivity index (χ0) is 27.5. The minimum Gasteiger partial charge on any atom is -0.463 e. The molecule has 198 valence electrons. The molecule has 5 atom stereocenters. The maximum atomic E-state index is 14.1. The summed E-state index contributed by atoms with van der Waals surface area (Å²) in [5.41, 5.74) is -1.48. The normalized spacial score (nSPS) is 29.0. The van der Waals surface area contributed by atoms with Crippen LogP contribution in [0.4, 0.5) is 5.69 Å². The maximum absolute atomic E-state index is 14.1. The first kappa shape index (κ1) is 25.2. The van der Waals surface area contributed by atoms with Gasteiger partial charge in [-0.1, -0.05) is 35.9 Å². The molecule has 5 unspecified atom stereocenters. The molecular formula is C28H23ClN4O6. The summed E-state index contributed by atoms with van der Waals surface area (Å²) >= 11 is 5.85. The average Bonchev–Trinajstić information content (AvgIpc) is 3.46. The average molecular weight is 547 g/mol. The number of carbonyl (C=O) groups is 3. The van der Waals surface area contributed by atoms with Gasteiger partial charge in [0.25, 0.3) is 0 Å². The van der Waals surface area contributed by atoms with Gasteiger partial charge in [-0.2, -0.15) is 5.26 Å². The van der Waals surface area contributed by atoms with Crippen molar-refractivity contribution >= 4 is 45.8 Å². The standard InChI is InChI=1S/C28H23ClN4O6/c1-15(34)38-21-11-28(9-10-37-26-31-13-17(29)14-32-26)23-22(27(21,2)39-28)24(35)33(25(23)36)20-8-7-16(12-30)18-5-3-4-6-19(18)20/h3-8,13-14,21-23H,9-11H2,1-2H3. The zero-order valence-corrected chi connectivity index (χ0v) is 21.8. The summed E-state index contributed by atoms with van der Waals surface area (Å²) in [5.74, 6) is -3.01. The number of hydrogen-bond acceptors (Lipinski definition) is 9. The van der Waals surface area contributed by atoms with E-state index in [0.717, 1.165) is 0 Å². The van der Waals surface area contributed by atoms with Crippen LogP contribution in [-0.4, -0.2) is 51.7 Å². The van der Waals surface area contributed by atoms with Gasteiger partial charge in [0.05, 0.1) is 58.8 Å². The Bertz CT molecular complexity index is 1570. The van der Waals surface area contributed by atoms with Crippen LogP contribution in [0.2, 0.25) is 5.02 Å². The van der Waals surface area contributed by atoms with E-state index in [1.165, 1.54) is 24.2 Å². The summed E-state index contributed by atoms with van der Waals surface area (Å²) < 4.78 is 17.8. The number of imide groups is 1. The van der Waals surface area contributed by atoms with Gasteiger partial charge in [0, 0.05) is 30.5 Å². The molecule has 3 aliphatic heterocycles. The number of benzene rings is 2. The molecule has 0 saturated carbocycles. The zero-order valence-electron chi connectivity index (χ0n) is 21.1. The van der Waals surface area contributed by atoms with Crippen LogP contribution in [0.1, 0.15) is 32.3 Å². The monoisotopic (exact) mass is 546 g/mol. The summed E-state index contributed by atoms with van der Waals surface area (Å²) in [6.07, 6.45) is 2.56. The number of fused-ring (bicyclic) bond motifs is 6. The fourth-order valence-corrected chi connectivity index (χ4v) is 6.56. The number of ether oxygens (including phenoxy) is 3. The van der Waals surface area contributed by atoms with Gasteiger partial charge in [-0.15, -0.1) is 0 Å². The molecule has 3 aromatic rings. The minimum atomic E-state index is -1.21. The van der Waals surface area contributed by atoms with Crippen LogP contribution in [0, 0.1) is 23.2 Å². The number of amides is 2. The van der Waals surface area contributed by atoms with Gasteiger partial charge in [0.1, 0.15) is 11.7 Å². The number of anilines is 1. The Morgan fingerprint density at radius 3 is 2.54 bits per heavy atom. The summed E-state index contributed by atoms with van der Waals surface area (Å²) in [7, 11) is 0. The fourth-order valence-electron chi connectivity index (χ4n) is 6.46. The van der Waals surface area contributed by atoms with E-state index < -0.39 is 46.9 Å². The third-order valence-electron chi connectivity index (χ3n) is 8.01. The molecule has 3 aliphatic rings. The molecule has 2 bridgehead atoms. The van der Waals surface area contributed by atoms with Crippen LogP contribution in [0.15, 0.2) is 48.8 Å². The summed E-state index contributed by atoms with van der Waals surface area (Å²) in [6.45, 7) is 3.12. The highest BCUT2D eigenvalue weighted by Crippen LogP contribution is 2.63. The van der Waals surface area contributed by atoms with Crippen molar-refractivity contribution < 1.29 is 28.6 Å². The van der Waals surface area contributed by atoms with E-state index in [1.54, 1.807) is 43.3 Å². The highest BCUT2D eigenvalue weighted by Gasteiger charge is 2.78. The topological polar surface area (TPSA) is 132 Å². The fraction of sp³-hybridized carbons (Fsp3) is 0.357. The second-order valence-corrected chi connectivity index (χ2v) is 10.6. The second-order valence-electron chi connectivity index (χ2n) is 10.2. The summed E-state index contributed by atoms with van der Waals surface area (Å²) in [6, 6.07) is 12.7. The van der Waals surface area contributed by atoms with Crippen LogP contribution >= 0.6 is 11.6 Å². The summed E-state index contributed by atoms with van der Waals surface area (Å²) in [4.78, 5) is 49.4. The molecule has 1 aromatic heterocycles. The molecule has 0 aliphatic carbocycles. The quantitative estimate of drug-likeness (QED) is 0.336. The number of aromatic nitrogens is 2. The lowest BCUT2D eigenvalue weighted by Crippen LogP contribution is -2.51. The SMILES string of the molecule is CC(=O)OC1CC2(CCOc3ncc(Cl)cn3)OC1(C)C1C(=O)N(c3ccc(C#N)c4ccccc34)C(=O)C12. The van der Waals surface area contributed by atoms with Crippen molar-refractivity contribution in [1.29, 1.82) is 5.26 Å². The number of carbonyl (C=O) groups excluding carboxylic acids is 3. The lowest BCUT2D eigenvalue weighted by Gasteiger charge is -2.35. The Balaban J connectivity index is 1.38. The third-order valence-corrected chi connectivity index (χ3v) is 8.20. The van der Waals surface area contributed by atoms with Crippen LogP contribution in [0.5, 0.6) is 6.01 Å².